The molecule has 0 spiro atoms. The van der Waals surface area contributed by atoms with Crippen LogP contribution in [0.2, 0.25) is 0 Å². The van der Waals surface area contributed by atoms with Crippen LogP contribution in [0.25, 0.3) is 0 Å². The van der Waals surface area contributed by atoms with E-state index >= 15 is 0 Å². The molecule has 3 aromatic carbocycles. The zero-order valence-electron chi connectivity index (χ0n) is 21.1. The van der Waals surface area contributed by atoms with Gasteiger partial charge in [-0.15, -0.1) is 0 Å². The monoisotopic (exact) mass is 538 g/mol. The van der Waals surface area contributed by atoms with Crippen LogP contribution in [0.3, 0.4) is 0 Å². The third kappa shape index (κ3) is 6.17. The molecular formula is C26H26N4O9. The van der Waals surface area contributed by atoms with Gasteiger partial charge in [0.1, 0.15) is 5.56 Å². The summed E-state index contributed by atoms with van der Waals surface area (Å²) in [6.07, 6.45) is 0. The lowest BCUT2D eigenvalue weighted by atomic mass is 10.1. The van der Waals surface area contributed by atoms with Crippen LogP contribution in [0.1, 0.15) is 38.0 Å². The topological polar surface area (TPSA) is 210 Å². The molecular weight excluding hydrogens is 512 g/mol. The normalized spacial score (nSPS) is 11.2. The lowest BCUT2D eigenvalue weighted by molar-refractivity contribution is -0.117. The fraction of sp³-hybridized carbons (Fsp3) is 0.154. The van der Waals surface area contributed by atoms with Crippen molar-refractivity contribution in [2.24, 2.45) is 5.73 Å². The van der Waals surface area contributed by atoms with Gasteiger partial charge in [0.2, 0.25) is 5.91 Å². The van der Waals surface area contributed by atoms with Crippen molar-refractivity contribution in [2.75, 3.05) is 30.2 Å². The number of rotatable bonds is 9. The van der Waals surface area contributed by atoms with Crippen LogP contribution < -0.4 is 31.2 Å². The molecule has 13 heteroatoms. The molecule has 0 aliphatic heterocycles. The fourth-order valence-corrected chi connectivity index (χ4v) is 3.45. The lowest BCUT2D eigenvalue weighted by Crippen LogP contribution is -2.32. The summed E-state index contributed by atoms with van der Waals surface area (Å²) in [5, 5.41) is 37.6. The number of nitrogens with two attached hydrogens (primary N) is 1. The predicted molar refractivity (Wildman–Crippen MR) is 141 cm³/mol. The second-order valence-corrected chi connectivity index (χ2v) is 8.15. The molecule has 1 unspecified atom stereocenters. The number of nitrogens with one attached hydrogen (secondary N) is 3. The van der Waals surface area contributed by atoms with E-state index in [-0.39, 0.29) is 39.9 Å². The number of ether oxygens (including phenoxy) is 2. The van der Waals surface area contributed by atoms with E-state index in [2.05, 4.69) is 16.0 Å². The third-order valence-corrected chi connectivity index (χ3v) is 5.47. The van der Waals surface area contributed by atoms with Crippen LogP contribution in [0.5, 0.6) is 23.0 Å². The number of phenolic OH excluding ortho intramolecular Hbond substituents is 1. The molecule has 3 aromatic rings. The Balaban J connectivity index is 1.81. The molecule has 0 heterocycles. The number of anilines is 3. The minimum atomic E-state index is -1.40. The van der Waals surface area contributed by atoms with E-state index in [1.54, 1.807) is 0 Å². The molecule has 39 heavy (non-hydrogen) atoms. The SMILES string of the molecule is COc1c(NC(=O)c2ccc(NC(=O)c3ccc(NC(=O)C(C)N)cc3)c(OC)c2O)ccc(C(=O)O)c1O. The molecule has 0 bridgehead atoms. The number of phenols is 2. The highest BCUT2D eigenvalue weighted by atomic mass is 16.5. The Morgan fingerprint density at radius 1 is 0.744 bits per heavy atom. The van der Waals surface area contributed by atoms with Crippen LogP contribution in [0.15, 0.2) is 48.5 Å². The van der Waals surface area contributed by atoms with Crippen molar-refractivity contribution in [3.05, 3.63) is 65.2 Å². The number of benzene rings is 3. The summed E-state index contributed by atoms with van der Waals surface area (Å²) in [6, 6.07) is 10.1. The highest BCUT2D eigenvalue weighted by molar-refractivity contribution is 6.10. The third-order valence-electron chi connectivity index (χ3n) is 5.47. The first-order valence-electron chi connectivity index (χ1n) is 11.3. The fourth-order valence-electron chi connectivity index (χ4n) is 3.45. The minimum Gasteiger partial charge on any atom is -0.504 e. The molecule has 3 amide bonds. The largest absolute Gasteiger partial charge is 0.504 e. The molecule has 0 aliphatic rings. The number of methoxy groups -OCH3 is 2. The van der Waals surface area contributed by atoms with Gasteiger partial charge in [0.25, 0.3) is 11.8 Å². The molecule has 3 rings (SSSR count). The van der Waals surface area contributed by atoms with Crippen molar-refractivity contribution in [2.45, 2.75) is 13.0 Å². The maximum absolute atomic E-state index is 12.9. The van der Waals surface area contributed by atoms with Crippen LogP contribution in [0.4, 0.5) is 17.1 Å². The first-order valence-corrected chi connectivity index (χ1v) is 11.3. The van der Waals surface area contributed by atoms with Gasteiger partial charge in [0.15, 0.2) is 23.0 Å². The molecule has 0 aliphatic carbocycles. The van der Waals surface area contributed by atoms with Gasteiger partial charge in [-0.3, -0.25) is 14.4 Å². The zero-order valence-corrected chi connectivity index (χ0v) is 21.1. The van der Waals surface area contributed by atoms with E-state index in [4.69, 9.17) is 20.3 Å². The number of aromatic hydroxyl groups is 2. The lowest BCUT2D eigenvalue weighted by Gasteiger charge is -2.16. The second kappa shape index (κ2) is 11.8. The standard InChI is InChI=1S/C26H26N4O9/c1-12(27)23(33)28-14-6-4-13(5-7-14)24(34)29-17-10-8-15(19(31)21(17)38-2)25(35)30-18-11-9-16(26(36)37)20(32)22(18)39-3/h4-12,31-32H,27H2,1-3H3,(H,28,33)(H,29,34)(H,30,35)(H,36,37). The molecule has 0 aromatic heterocycles. The van der Waals surface area contributed by atoms with Gasteiger partial charge in [-0.2, -0.15) is 0 Å². The Bertz CT molecular complexity index is 1440. The average Bonchev–Trinajstić information content (AvgIpc) is 2.89. The quantitative estimate of drug-likeness (QED) is 0.212. The summed E-state index contributed by atoms with van der Waals surface area (Å²) in [4.78, 5) is 48.6. The summed E-state index contributed by atoms with van der Waals surface area (Å²) in [6.45, 7) is 1.54. The Labute approximate surface area is 222 Å². The van der Waals surface area contributed by atoms with Crippen molar-refractivity contribution >= 4 is 40.8 Å². The van der Waals surface area contributed by atoms with Crippen molar-refractivity contribution in [1.82, 2.24) is 0 Å². The van der Waals surface area contributed by atoms with Crippen LogP contribution in [0, 0.1) is 0 Å². The van der Waals surface area contributed by atoms with Gasteiger partial charge >= 0.3 is 5.97 Å². The Morgan fingerprint density at radius 2 is 1.23 bits per heavy atom. The number of hydrogen-bond acceptors (Lipinski definition) is 9. The molecule has 1 atom stereocenters. The van der Waals surface area contributed by atoms with Gasteiger partial charge in [0, 0.05) is 11.3 Å². The smallest absolute Gasteiger partial charge is 0.339 e. The zero-order chi connectivity index (χ0) is 28.9. The number of carboxylic acids is 1. The molecule has 0 radical (unpaired) electrons. The van der Waals surface area contributed by atoms with Crippen LogP contribution in [-0.4, -0.2) is 59.3 Å². The number of amides is 3. The summed E-state index contributed by atoms with van der Waals surface area (Å²) < 4.78 is 10.2. The Kier molecular flexibility index (Phi) is 8.58. The summed E-state index contributed by atoms with van der Waals surface area (Å²) in [5.41, 5.74) is 5.53. The van der Waals surface area contributed by atoms with E-state index in [9.17, 15) is 29.4 Å². The average molecular weight is 539 g/mol. The number of carboxylic acid groups (broad SMARTS) is 1. The number of carbonyl (C=O) groups excluding carboxylic acids is 3. The van der Waals surface area contributed by atoms with E-state index in [1.807, 2.05) is 0 Å². The highest BCUT2D eigenvalue weighted by Gasteiger charge is 2.23. The van der Waals surface area contributed by atoms with Gasteiger partial charge in [-0.1, -0.05) is 0 Å². The van der Waals surface area contributed by atoms with Gasteiger partial charge in [-0.25, -0.2) is 4.79 Å². The first-order chi connectivity index (χ1) is 18.5. The van der Waals surface area contributed by atoms with E-state index in [1.165, 1.54) is 63.6 Å². The predicted octanol–water partition coefficient (Wildman–Crippen LogP) is 2.60. The Hall–Kier alpha value is -5.30. The maximum atomic E-state index is 12.9. The van der Waals surface area contributed by atoms with E-state index in [0.29, 0.717) is 5.69 Å². The van der Waals surface area contributed by atoms with Crippen molar-refractivity contribution in [1.29, 1.82) is 0 Å². The van der Waals surface area contributed by atoms with Crippen LogP contribution >= 0.6 is 0 Å². The molecule has 0 saturated carbocycles. The molecule has 0 saturated heterocycles. The number of hydrogen-bond donors (Lipinski definition) is 7. The molecule has 13 nitrogen and oxygen atoms in total. The minimum absolute atomic E-state index is 0.0543. The second-order valence-electron chi connectivity index (χ2n) is 8.15. The number of carbonyl (C=O) groups is 4. The summed E-state index contributed by atoms with van der Waals surface area (Å²) in [5.74, 6) is -4.95. The Morgan fingerprint density at radius 3 is 1.72 bits per heavy atom. The van der Waals surface area contributed by atoms with Gasteiger partial charge in [0.05, 0.1) is 37.2 Å². The number of aromatic carboxylic acids is 1. The van der Waals surface area contributed by atoms with Gasteiger partial charge < -0.3 is 46.5 Å². The van der Waals surface area contributed by atoms with Crippen LogP contribution in [-0.2, 0) is 4.79 Å². The highest BCUT2D eigenvalue weighted by Crippen LogP contribution is 2.40. The molecule has 204 valence electrons. The van der Waals surface area contributed by atoms with Gasteiger partial charge in [-0.05, 0) is 55.5 Å². The van der Waals surface area contributed by atoms with Crippen molar-refractivity contribution < 1.29 is 44.0 Å². The summed E-state index contributed by atoms with van der Waals surface area (Å²) in [7, 11) is 2.41. The van der Waals surface area contributed by atoms with E-state index in [0.717, 1.165) is 6.07 Å². The molecule has 0 fully saturated rings. The van der Waals surface area contributed by atoms with E-state index < -0.39 is 40.9 Å². The summed E-state index contributed by atoms with van der Waals surface area (Å²) >= 11 is 0. The maximum Gasteiger partial charge on any atom is 0.339 e. The van der Waals surface area contributed by atoms with Crippen molar-refractivity contribution in [3.8, 4) is 23.0 Å². The molecule has 8 N–H and O–H groups in total. The first kappa shape index (κ1) is 28.3. The van der Waals surface area contributed by atoms with Crippen molar-refractivity contribution in [3.63, 3.8) is 0 Å².